The van der Waals surface area contributed by atoms with Gasteiger partial charge in [-0.2, -0.15) is 0 Å². The first-order valence-electron chi connectivity index (χ1n) is 11.7. The highest BCUT2D eigenvalue weighted by molar-refractivity contribution is 7.92. The van der Waals surface area contributed by atoms with Gasteiger partial charge in [0.15, 0.2) is 10.9 Å². The lowest BCUT2D eigenvalue weighted by Crippen LogP contribution is -2.44. The number of hydrogen-bond acceptors (Lipinski definition) is 8. The Morgan fingerprint density at radius 2 is 1.85 bits per heavy atom. The normalized spacial score (nSPS) is 20.4. The van der Waals surface area contributed by atoms with E-state index >= 15 is 0 Å². The average Bonchev–Trinajstić information content (AvgIpc) is 3.37. The molecular formula is C25H29N5O3S. The van der Waals surface area contributed by atoms with Gasteiger partial charge in [-0.05, 0) is 56.2 Å². The second-order valence-corrected chi connectivity index (χ2v) is 11.3. The fourth-order valence-electron chi connectivity index (χ4n) is 4.96. The van der Waals surface area contributed by atoms with Gasteiger partial charge < -0.3 is 15.4 Å². The molecule has 3 heterocycles. The molecule has 0 radical (unpaired) electrons. The highest BCUT2D eigenvalue weighted by Crippen LogP contribution is 2.48. The van der Waals surface area contributed by atoms with Gasteiger partial charge in [0, 0.05) is 30.1 Å². The predicted octanol–water partition coefficient (Wildman–Crippen LogP) is 3.59. The van der Waals surface area contributed by atoms with Crippen LogP contribution in [-0.2, 0) is 19.3 Å². The monoisotopic (exact) mass is 479 g/mol. The molecule has 1 aliphatic carbocycles. The van der Waals surface area contributed by atoms with Crippen LogP contribution in [0.25, 0.3) is 11.4 Å². The molecule has 9 heteroatoms. The summed E-state index contributed by atoms with van der Waals surface area (Å²) >= 11 is 0. The van der Waals surface area contributed by atoms with Crippen molar-refractivity contribution < 1.29 is 13.2 Å². The maximum atomic E-state index is 14.0. The second kappa shape index (κ2) is 8.96. The van der Waals surface area contributed by atoms with Gasteiger partial charge in [-0.25, -0.2) is 23.4 Å². The molecule has 1 aromatic carbocycles. The highest BCUT2D eigenvalue weighted by Gasteiger charge is 2.50. The molecule has 5 rings (SSSR count). The van der Waals surface area contributed by atoms with Gasteiger partial charge in [0.05, 0.1) is 24.9 Å². The number of benzene rings is 1. The summed E-state index contributed by atoms with van der Waals surface area (Å²) in [7, 11) is -3.78. The minimum Gasteiger partial charge on any atom is -0.399 e. The Morgan fingerprint density at radius 3 is 2.53 bits per heavy atom. The summed E-state index contributed by atoms with van der Waals surface area (Å²) in [6.45, 7) is 3.95. The van der Waals surface area contributed by atoms with E-state index in [4.69, 9.17) is 20.4 Å². The van der Waals surface area contributed by atoms with Crippen molar-refractivity contribution in [2.75, 3.05) is 30.4 Å². The fraction of sp³-hybridized carbons (Fsp3) is 0.400. The smallest absolute Gasteiger partial charge is 0.206 e. The van der Waals surface area contributed by atoms with Crippen molar-refractivity contribution in [3.8, 4) is 11.4 Å². The number of morpholine rings is 1. The third kappa shape index (κ3) is 3.92. The van der Waals surface area contributed by atoms with E-state index in [0.29, 0.717) is 49.8 Å². The minimum atomic E-state index is -3.78. The first-order valence-corrected chi connectivity index (χ1v) is 13.1. The largest absolute Gasteiger partial charge is 0.399 e. The van der Waals surface area contributed by atoms with Gasteiger partial charge in [-0.1, -0.05) is 18.9 Å². The number of sulfone groups is 1. The van der Waals surface area contributed by atoms with Crippen LogP contribution in [0.2, 0.25) is 0 Å². The molecule has 34 heavy (non-hydrogen) atoms. The Hall–Kier alpha value is -3.04. The lowest BCUT2D eigenvalue weighted by Gasteiger charge is -2.35. The molecule has 0 unspecified atom stereocenters. The van der Waals surface area contributed by atoms with Crippen LogP contribution in [0.1, 0.15) is 38.3 Å². The van der Waals surface area contributed by atoms with E-state index in [1.807, 2.05) is 18.2 Å². The SMILES string of the molecule is C[C@H]1COCCN1c1cc(C2(S(=O)(=O)c3ccccn3)CCCC2)nc(-c2ccc(N)cc2)n1. The number of nitrogens with zero attached hydrogens (tertiary/aromatic N) is 4. The van der Waals surface area contributed by atoms with Crippen LogP contribution in [0, 0.1) is 0 Å². The van der Waals surface area contributed by atoms with Crippen molar-refractivity contribution in [3.63, 3.8) is 0 Å². The Labute approximate surface area is 200 Å². The second-order valence-electron chi connectivity index (χ2n) is 9.05. The molecular weight excluding hydrogens is 450 g/mol. The van der Waals surface area contributed by atoms with Crippen molar-refractivity contribution in [1.29, 1.82) is 0 Å². The molecule has 1 saturated carbocycles. The van der Waals surface area contributed by atoms with Gasteiger partial charge in [0.1, 0.15) is 10.6 Å². The summed E-state index contributed by atoms with van der Waals surface area (Å²) in [5.41, 5.74) is 7.86. The topological polar surface area (TPSA) is 111 Å². The molecule has 0 spiro atoms. The molecule has 2 aromatic heterocycles. The van der Waals surface area contributed by atoms with Crippen molar-refractivity contribution in [2.24, 2.45) is 0 Å². The van der Waals surface area contributed by atoms with Gasteiger partial charge in [-0.3, -0.25) is 0 Å². The number of rotatable bonds is 5. The van der Waals surface area contributed by atoms with Crippen LogP contribution in [0.4, 0.5) is 11.5 Å². The third-order valence-corrected chi connectivity index (χ3v) is 9.29. The molecule has 8 nitrogen and oxygen atoms in total. The number of hydrogen-bond donors (Lipinski definition) is 1. The number of pyridine rings is 1. The van der Waals surface area contributed by atoms with Crippen molar-refractivity contribution >= 4 is 21.3 Å². The summed E-state index contributed by atoms with van der Waals surface area (Å²) in [5.74, 6) is 1.21. The molecule has 2 N–H and O–H groups in total. The van der Waals surface area contributed by atoms with Crippen LogP contribution in [-0.4, -0.2) is 49.2 Å². The summed E-state index contributed by atoms with van der Waals surface area (Å²) < 4.78 is 32.5. The molecule has 0 amide bonds. The van der Waals surface area contributed by atoms with Crippen LogP contribution in [0.15, 0.2) is 59.8 Å². The highest BCUT2D eigenvalue weighted by atomic mass is 32.2. The molecule has 178 valence electrons. The van der Waals surface area contributed by atoms with E-state index in [0.717, 1.165) is 24.2 Å². The fourth-order valence-corrected chi connectivity index (χ4v) is 7.02. The number of ether oxygens (including phenoxy) is 1. The Kier molecular flexibility index (Phi) is 5.99. The zero-order chi connectivity index (χ0) is 23.8. The average molecular weight is 480 g/mol. The van der Waals surface area contributed by atoms with Gasteiger partial charge in [0.2, 0.25) is 9.84 Å². The molecule has 0 bridgehead atoms. The Bertz CT molecular complexity index is 1260. The summed E-state index contributed by atoms with van der Waals surface area (Å²) in [6.07, 6.45) is 4.16. The molecule has 1 aliphatic heterocycles. The van der Waals surface area contributed by atoms with Crippen molar-refractivity contribution in [1.82, 2.24) is 15.0 Å². The zero-order valence-electron chi connectivity index (χ0n) is 19.2. The van der Waals surface area contributed by atoms with Crippen LogP contribution >= 0.6 is 0 Å². The van der Waals surface area contributed by atoms with E-state index in [1.54, 1.807) is 30.3 Å². The van der Waals surface area contributed by atoms with E-state index in [-0.39, 0.29) is 11.1 Å². The Morgan fingerprint density at radius 1 is 1.09 bits per heavy atom. The number of nitrogen functional groups attached to an aromatic ring is 1. The first kappa shape index (κ1) is 22.7. The lowest BCUT2D eigenvalue weighted by atomic mass is 10.0. The molecule has 2 aliphatic rings. The maximum Gasteiger partial charge on any atom is 0.206 e. The van der Waals surface area contributed by atoms with E-state index in [2.05, 4.69) is 16.8 Å². The van der Waals surface area contributed by atoms with Crippen LogP contribution in [0.3, 0.4) is 0 Å². The van der Waals surface area contributed by atoms with E-state index in [9.17, 15) is 8.42 Å². The van der Waals surface area contributed by atoms with Gasteiger partial charge in [0.25, 0.3) is 0 Å². The van der Waals surface area contributed by atoms with Gasteiger partial charge in [-0.15, -0.1) is 0 Å². The quantitative estimate of drug-likeness (QED) is 0.553. The van der Waals surface area contributed by atoms with Crippen LogP contribution in [0.5, 0.6) is 0 Å². The van der Waals surface area contributed by atoms with E-state index < -0.39 is 14.6 Å². The van der Waals surface area contributed by atoms with Crippen LogP contribution < -0.4 is 10.6 Å². The predicted molar refractivity (Wildman–Crippen MR) is 131 cm³/mol. The van der Waals surface area contributed by atoms with E-state index in [1.165, 1.54) is 6.20 Å². The molecule has 1 saturated heterocycles. The molecule has 3 aromatic rings. The zero-order valence-corrected chi connectivity index (χ0v) is 20.0. The van der Waals surface area contributed by atoms with Gasteiger partial charge >= 0.3 is 0 Å². The summed E-state index contributed by atoms with van der Waals surface area (Å²) in [6, 6.07) is 14.3. The number of aromatic nitrogens is 3. The third-order valence-electron chi connectivity index (χ3n) is 6.85. The summed E-state index contributed by atoms with van der Waals surface area (Å²) in [5, 5.41) is 0.0887. The number of nitrogens with two attached hydrogens (primary N) is 1. The molecule has 1 atom stereocenters. The summed E-state index contributed by atoms with van der Waals surface area (Å²) in [4.78, 5) is 16.1. The standard InChI is InChI=1S/C25H29N5O3S/c1-18-17-33-15-14-30(18)22-16-21(28-24(29-22)19-7-9-20(26)10-8-19)25(11-3-4-12-25)34(31,32)23-6-2-5-13-27-23/h2,5-10,13,16,18H,3-4,11-12,14-15,17,26H2,1H3/t18-/m0/s1. The van der Waals surface area contributed by atoms with Crippen molar-refractivity contribution in [3.05, 3.63) is 60.4 Å². The number of anilines is 2. The Balaban J connectivity index is 1.71. The first-order chi connectivity index (χ1) is 16.4. The minimum absolute atomic E-state index is 0.0887. The lowest BCUT2D eigenvalue weighted by molar-refractivity contribution is 0.0985. The van der Waals surface area contributed by atoms with Crippen molar-refractivity contribution in [2.45, 2.75) is 48.4 Å². The molecule has 2 fully saturated rings. The maximum absolute atomic E-state index is 14.0.